The first-order valence-corrected chi connectivity index (χ1v) is 5.99. The SMILES string of the molecule is CCCCC(C(=O)C(=O)O)P(=O)(O)ON. The monoisotopic (exact) mass is 239 g/mol. The molecule has 0 aromatic rings. The van der Waals surface area contributed by atoms with E-state index in [0.29, 0.717) is 12.8 Å². The van der Waals surface area contributed by atoms with Crippen LogP contribution < -0.4 is 5.90 Å². The highest BCUT2D eigenvalue weighted by Crippen LogP contribution is 2.48. The molecule has 2 atom stereocenters. The molecule has 0 aromatic heterocycles. The molecule has 2 unspecified atom stereocenters. The van der Waals surface area contributed by atoms with Gasteiger partial charge in [0.15, 0.2) is 0 Å². The number of carboxylic acid groups (broad SMARTS) is 1. The molecular weight excluding hydrogens is 225 g/mol. The zero-order valence-electron chi connectivity index (χ0n) is 8.25. The third-order valence-corrected chi connectivity index (χ3v) is 3.47. The second kappa shape index (κ2) is 5.97. The van der Waals surface area contributed by atoms with Crippen molar-refractivity contribution in [3.63, 3.8) is 0 Å². The Morgan fingerprint density at radius 3 is 2.40 bits per heavy atom. The molecule has 0 fully saturated rings. The fraction of sp³-hybridized carbons (Fsp3) is 0.714. The van der Waals surface area contributed by atoms with E-state index < -0.39 is 25.0 Å². The quantitative estimate of drug-likeness (QED) is 0.330. The third kappa shape index (κ3) is 4.09. The highest BCUT2D eigenvalue weighted by Gasteiger charge is 2.40. The average Bonchev–Trinajstić information content (AvgIpc) is 2.17. The first kappa shape index (κ1) is 14.2. The van der Waals surface area contributed by atoms with Crippen molar-refractivity contribution in [1.82, 2.24) is 0 Å². The number of carbonyl (C=O) groups is 2. The predicted octanol–water partition coefficient (Wildman–Crippen LogP) is 0.275. The molecule has 0 aromatic carbocycles. The van der Waals surface area contributed by atoms with Crippen molar-refractivity contribution in [2.75, 3.05) is 0 Å². The van der Waals surface area contributed by atoms with Gasteiger partial charge in [-0.2, -0.15) is 0 Å². The lowest BCUT2D eigenvalue weighted by atomic mass is 10.1. The fourth-order valence-electron chi connectivity index (χ4n) is 1.06. The number of carboxylic acids is 1. The lowest BCUT2D eigenvalue weighted by Gasteiger charge is -2.17. The summed E-state index contributed by atoms with van der Waals surface area (Å²) < 4.78 is 15.1. The molecule has 8 heteroatoms. The molecule has 0 bridgehead atoms. The van der Waals surface area contributed by atoms with Crippen LogP contribution in [0.5, 0.6) is 0 Å². The molecule has 0 spiro atoms. The standard InChI is InChI=1S/C7H14NO6P/c1-2-3-4-5(6(9)7(10)11)15(12,13)14-8/h5H,2-4,8H2,1H3,(H,10,11)(H,12,13). The Morgan fingerprint density at radius 2 is 2.07 bits per heavy atom. The van der Waals surface area contributed by atoms with Crippen LogP contribution in [0.3, 0.4) is 0 Å². The van der Waals surface area contributed by atoms with Gasteiger partial charge in [-0.25, -0.2) is 15.3 Å². The molecule has 15 heavy (non-hydrogen) atoms. The summed E-state index contributed by atoms with van der Waals surface area (Å²) in [7, 11) is -4.38. The van der Waals surface area contributed by atoms with E-state index in [4.69, 9.17) is 10.00 Å². The van der Waals surface area contributed by atoms with Gasteiger partial charge in [0, 0.05) is 0 Å². The Hall–Kier alpha value is -0.750. The lowest BCUT2D eigenvalue weighted by Crippen LogP contribution is -2.29. The zero-order chi connectivity index (χ0) is 12.1. The van der Waals surface area contributed by atoms with Crippen molar-refractivity contribution in [3.8, 4) is 0 Å². The van der Waals surface area contributed by atoms with Gasteiger partial charge in [0.2, 0.25) is 0 Å². The topological polar surface area (TPSA) is 127 Å². The van der Waals surface area contributed by atoms with Crippen molar-refractivity contribution in [2.24, 2.45) is 5.90 Å². The van der Waals surface area contributed by atoms with E-state index in [9.17, 15) is 14.2 Å². The van der Waals surface area contributed by atoms with Crippen LogP contribution in [0, 0.1) is 0 Å². The summed E-state index contributed by atoms with van der Waals surface area (Å²) >= 11 is 0. The number of aliphatic carboxylic acids is 1. The number of unbranched alkanes of at least 4 members (excludes halogenated alkanes) is 1. The second-order valence-electron chi connectivity index (χ2n) is 3.00. The summed E-state index contributed by atoms with van der Waals surface area (Å²) in [5.74, 6) is 1.45. The Labute approximate surface area is 86.7 Å². The van der Waals surface area contributed by atoms with Crippen molar-refractivity contribution in [1.29, 1.82) is 0 Å². The van der Waals surface area contributed by atoms with E-state index in [1.165, 1.54) is 0 Å². The van der Waals surface area contributed by atoms with Crippen LogP contribution in [-0.4, -0.2) is 27.4 Å². The van der Waals surface area contributed by atoms with Crippen molar-refractivity contribution in [2.45, 2.75) is 31.8 Å². The summed E-state index contributed by atoms with van der Waals surface area (Å²) in [4.78, 5) is 30.6. The number of carbonyl (C=O) groups excluding carboxylic acids is 1. The summed E-state index contributed by atoms with van der Waals surface area (Å²) in [5, 5.41) is 8.43. The van der Waals surface area contributed by atoms with Gasteiger partial charge in [-0.1, -0.05) is 19.8 Å². The summed E-state index contributed by atoms with van der Waals surface area (Å²) in [6, 6.07) is 0. The Kier molecular flexibility index (Phi) is 5.67. The molecule has 0 saturated heterocycles. The van der Waals surface area contributed by atoms with Crippen LogP contribution in [0.2, 0.25) is 0 Å². The van der Waals surface area contributed by atoms with E-state index in [0.717, 1.165) is 0 Å². The van der Waals surface area contributed by atoms with Crippen molar-refractivity contribution >= 4 is 19.3 Å². The Morgan fingerprint density at radius 1 is 1.53 bits per heavy atom. The third-order valence-electron chi connectivity index (χ3n) is 1.89. The van der Waals surface area contributed by atoms with Crippen LogP contribution in [0.1, 0.15) is 26.2 Å². The highest BCUT2D eigenvalue weighted by atomic mass is 31.2. The van der Waals surface area contributed by atoms with Crippen LogP contribution in [0.15, 0.2) is 0 Å². The summed E-state index contributed by atoms with van der Waals surface area (Å²) in [6.07, 6.45) is 1.07. The molecule has 0 rings (SSSR count). The van der Waals surface area contributed by atoms with E-state index in [1.807, 2.05) is 0 Å². The predicted molar refractivity (Wildman–Crippen MR) is 51.1 cm³/mol. The maximum absolute atomic E-state index is 11.3. The Balaban J connectivity index is 4.81. The van der Waals surface area contributed by atoms with Crippen molar-refractivity contribution < 1.29 is 28.8 Å². The van der Waals surface area contributed by atoms with Gasteiger partial charge in [0.05, 0.1) is 0 Å². The molecule has 7 nitrogen and oxygen atoms in total. The number of ketones is 1. The molecule has 0 radical (unpaired) electrons. The first-order valence-electron chi connectivity index (χ1n) is 4.34. The fourth-order valence-corrected chi connectivity index (χ4v) is 2.12. The normalized spacial score (nSPS) is 16.7. The number of hydrogen-bond donors (Lipinski definition) is 3. The lowest BCUT2D eigenvalue weighted by molar-refractivity contribution is -0.149. The maximum atomic E-state index is 11.3. The highest BCUT2D eigenvalue weighted by molar-refractivity contribution is 7.55. The number of Topliss-reactive ketones (excluding diaryl/α,β-unsaturated/α-hetero) is 1. The maximum Gasteiger partial charge on any atom is 0.373 e. The second-order valence-corrected chi connectivity index (χ2v) is 4.96. The molecule has 88 valence electrons. The zero-order valence-corrected chi connectivity index (χ0v) is 9.15. The molecular formula is C7H14NO6P. The van der Waals surface area contributed by atoms with E-state index in [1.54, 1.807) is 6.92 Å². The molecule has 0 aliphatic rings. The molecule has 0 aliphatic heterocycles. The van der Waals surface area contributed by atoms with Crippen LogP contribution in [0.25, 0.3) is 0 Å². The molecule has 0 saturated carbocycles. The first-order chi connectivity index (χ1) is 6.86. The number of rotatable bonds is 7. The molecule has 0 aliphatic carbocycles. The van der Waals surface area contributed by atoms with Gasteiger partial charge >= 0.3 is 13.6 Å². The van der Waals surface area contributed by atoms with E-state index >= 15 is 0 Å². The smallest absolute Gasteiger partial charge is 0.373 e. The molecule has 4 N–H and O–H groups in total. The minimum atomic E-state index is -4.38. The van der Waals surface area contributed by atoms with E-state index in [-0.39, 0.29) is 6.42 Å². The Bertz CT molecular complexity index is 291. The minimum absolute atomic E-state index is 0.0351. The van der Waals surface area contributed by atoms with Gasteiger partial charge in [-0.3, -0.25) is 9.36 Å². The van der Waals surface area contributed by atoms with Crippen LogP contribution in [0.4, 0.5) is 0 Å². The summed E-state index contributed by atoms with van der Waals surface area (Å²) in [5.41, 5.74) is -1.58. The van der Waals surface area contributed by atoms with E-state index in [2.05, 4.69) is 10.5 Å². The average molecular weight is 239 g/mol. The number of nitrogens with two attached hydrogens (primary N) is 1. The van der Waals surface area contributed by atoms with Gasteiger partial charge in [-0.15, -0.1) is 0 Å². The van der Waals surface area contributed by atoms with Crippen LogP contribution in [-0.2, 0) is 18.8 Å². The minimum Gasteiger partial charge on any atom is -0.475 e. The van der Waals surface area contributed by atoms with Gasteiger partial charge in [0.1, 0.15) is 5.66 Å². The van der Waals surface area contributed by atoms with Crippen molar-refractivity contribution in [3.05, 3.63) is 0 Å². The van der Waals surface area contributed by atoms with Gasteiger partial charge < -0.3 is 10.00 Å². The molecule has 0 amide bonds. The summed E-state index contributed by atoms with van der Waals surface area (Å²) in [6.45, 7) is 1.80. The van der Waals surface area contributed by atoms with Gasteiger partial charge in [0.25, 0.3) is 5.78 Å². The van der Waals surface area contributed by atoms with Crippen LogP contribution >= 0.6 is 7.60 Å². The largest absolute Gasteiger partial charge is 0.475 e. The molecule has 0 heterocycles. The number of hydrogen-bond acceptors (Lipinski definition) is 5. The van der Waals surface area contributed by atoms with Gasteiger partial charge in [-0.05, 0) is 6.42 Å².